The molecular formula is C24H25NO3. The molecule has 3 N–H and O–H groups in total. The fourth-order valence-corrected chi connectivity index (χ4v) is 3.36. The van der Waals surface area contributed by atoms with Gasteiger partial charge in [0.1, 0.15) is 11.5 Å². The molecule has 0 radical (unpaired) electrons. The summed E-state index contributed by atoms with van der Waals surface area (Å²) in [6.45, 7) is 2.59. The number of amides is 1. The van der Waals surface area contributed by atoms with Crippen molar-refractivity contribution < 1.29 is 15.0 Å². The number of phenols is 2. The first-order valence-corrected chi connectivity index (χ1v) is 9.37. The lowest BCUT2D eigenvalue weighted by Crippen LogP contribution is -2.28. The number of phenolic OH excluding ortho intramolecular Hbond substituents is 2. The van der Waals surface area contributed by atoms with Crippen LogP contribution in [0.3, 0.4) is 0 Å². The maximum atomic E-state index is 12.4. The van der Waals surface area contributed by atoms with E-state index in [9.17, 15) is 15.0 Å². The van der Waals surface area contributed by atoms with E-state index in [0.29, 0.717) is 19.4 Å². The second-order valence-electron chi connectivity index (χ2n) is 7.19. The summed E-state index contributed by atoms with van der Waals surface area (Å²) in [5, 5.41) is 22.2. The third-order valence-corrected chi connectivity index (χ3v) is 5.19. The van der Waals surface area contributed by atoms with Gasteiger partial charge in [-0.05, 0) is 47.4 Å². The van der Waals surface area contributed by atoms with Crippen LogP contribution >= 0.6 is 0 Å². The number of nitrogens with one attached hydrogen (secondary N) is 1. The van der Waals surface area contributed by atoms with Crippen LogP contribution in [-0.4, -0.2) is 16.1 Å². The Bertz CT molecular complexity index is 857. The summed E-state index contributed by atoms with van der Waals surface area (Å²) in [4.78, 5) is 12.4. The van der Waals surface area contributed by atoms with Gasteiger partial charge in [-0.1, -0.05) is 61.5 Å². The highest BCUT2D eigenvalue weighted by Gasteiger charge is 2.29. The zero-order chi connectivity index (χ0) is 20.0. The Morgan fingerprint density at radius 2 is 1.32 bits per heavy atom. The highest BCUT2D eigenvalue weighted by atomic mass is 16.3. The predicted molar refractivity (Wildman–Crippen MR) is 110 cm³/mol. The molecule has 144 valence electrons. The van der Waals surface area contributed by atoms with Crippen molar-refractivity contribution in [2.75, 3.05) is 0 Å². The Hall–Kier alpha value is -3.27. The molecule has 4 nitrogen and oxygen atoms in total. The van der Waals surface area contributed by atoms with Crippen molar-refractivity contribution in [3.63, 3.8) is 0 Å². The van der Waals surface area contributed by atoms with Crippen LogP contribution in [0.4, 0.5) is 0 Å². The van der Waals surface area contributed by atoms with Crippen molar-refractivity contribution in [2.45, 2.75) is 31.7 Å². The van der Waals surface area contributed by atoms with Gasteiger partial charge in [0.25, 0.3) is 0 Å². The summed E-state index contributed by atoms with van der Waals surface area (Å²) in [5.41, 5.74) is 2.65. The molecule has 0 aliphatic rings. The van der Waals surface area contributed by atoms with Gasteiger partial charge in [0, 0.05) is 18.4 Å². The molecule has 0 aliphatic heterocycles. The SMILES string of the molecule is CC(CCC(=O)NCc1ccccc1)(c1ccc(O)cc1)c1ccc(O)cc1. The zero-order valence-corrected chi connectivity index (χ0v) is 15.9. The van der Waals surface area contributed by atoms with E-state index < -0.39 is 5.41 Å². The Balaban J connectivity index is 1.74. The van der Waals surface area contributed by atoms with Crippen molar-refractivity contribution >= 4 is 5.91 Å². The molecule has 4 heteroatoms. The lowest BCUT2D eigenvalue weighted by molar-refractivity contribution is -0.121. The van der Waals surface area contributed by atoms with Crippen LogP contribution in [0.15, 0.2) is 78.9 Å². The van der Waals surface area contributed by atoms with E-state index in [1.54, 1.807) is 24.3 Å². The molecule has 0 saturated heterocycles. The van der Waals surface area contributed by atoms with Crippen LogP contribution in [0.25, 0.3) is 0 Å². The van der Waals surface area contributed by atoms with Gasteiger partial charge in [-0.15, -0.1) is 0 Å². The largest absolute Gasteiger partial charge is 0.508 e. The lowest BCUT2D eigenvalue weighted by atomic mass is 9.73. The quantitative estimate of drug-likeness (QED) is 0.569. The molecule has 3 rings (SSSR count). The highest BCUT2D eigenvalue weighted by molar-refractivity contribution is 5.76. The van der Waals surface area contributed by atoms with E-state index in [-0.39, 0.29) is 17.4 Å². The molecule has 0 saturated carbocycles. The monoisotopic (exact) mass is 375 g/mol. The number of hydrogen-bond donors (Lipinski definition) is 3. The smallest absolute Gasteiger partial charge is 0.220 e. The van der Waals surface area contributed by atoms with Gasteiger partial charge in [0.15, 0.2) is 0 Å². The van der Waals surface area contributed by atoms with Gasteiger partial charge < -0.3 is 15.5 Å². The van der Waals surface area contributed by atoms with Crippen molar-refractivity contribution in [1.82, 2.24) is 5.32 Å². The van der Waals surface area contributed by atoms with Crippen LogP contribution in [0.5, 0.6) is 11.5 Å². The highest BCUT2D eigenvalue weighted by Crippen LogP contribution is 2.37. The van der Waals surface area contributed by atoms with Gasteiger partial charge in [-0.3, -0.25) is 4.79 Å². The number of carbonyl (C=O) groups is 1. The van der Waals surface area contributed by atoms with E-state index in [1.165, 1.54) is 0 Å². The third kappa shape index (κ3) is 4.71. The fourth-order valence-electron chi connectivity index (χ4n) is 3.36. The van der Waals surface area contributed by atoms with Crippen molar-refractivity contribution in [1.29, 1.82) is 0 Å². The van der Waals surface area contributed by atoms with Crippen LogP contribution in [0, 0.1) is 0 Å². The maximum absolute atomic E-state index is 12.4. The number of hydrogen-bond acceptors (Lipinski definition) is 3. The molecule has 0 unspecified atom stereocenters. The minimum absolute atomic E-state index is 0.00682. The van der Waals surface area contributed by atoms with Crippen molar-refractivity contribution in [3.05, 3.63) is 95.6 Å². The fraction of sp³-hybridized carbons (Fsp3) is 0.208. The topological polar surface area (TPSA) is 69.6 Å². The minimum atomic E-state index is -0.425. The molecule has 0 bridgehead atoms. The first-order chi connectivity index (χ1) is 13.5. The average molecular weight is 375 g/mol. The predicted octanol–water partition coefficient (Wildman–Crippen LogP) is 4.50. The zero-order valence-electron chi connectivity index (χ0n) is 15.9. The summed E-state index contributed by atoms with van der Waals surface area (Å²) in [7, 11) is 0. The summed E-state index contributed by atoms with van der Waals surface area (Å²) in [6.07, 6.45) is 0.967. The molecule has 3 aromatic rings. The Labute approximate surface area is 165 Å². The third-order valence-electron chi connectivity index (χ3n) is 5.19. The van der Waals surface area contributed by atoms with E-state index in [0.717, 1.165) is 16.7 Å². The average Bonchev–Trinajstić information content (AvgIpc) is 2.72. The van der Waals surface area contributed by atoms with Crippen LogP contribution < -0.4 is 5.32 Å². The summed E-state index contributed by atoms with van der Waals surface area (Å²) in [6, 6.07) is 24.0. The van der Waals surface area contributed by atoms with Gasteiger partial charge in [0.2, 0.25) is 5.91 Å². The molecular weight excluding hydrogens is 350 g/mol. The Morgan fingerprint density at radius 1 is 0.821 bits per heavy atom. The van der Waals surface area contributed by atoms with Gasteiger partial charge >= 0.3 is 0 Å². The molecule has 0 heterocycles. The molecule has 0 spiro atoms. The Kier molecular flexibility index (Phi) is 5.99. The second-order valence-corrected chi connectivity index (χ2v) is 7.19. The molecule has 0 fully saturated rings. The van der Waals surface area contributed by atoms with E-state index in [2.05, 4.69) is 12.2 Å². The second kappa shape index (κ2) is 8.61. The van der Waals surface area contributed by atoms with Crippen LogP contribution in [0.1, 0.15) is 36.5 Å². The molecule has 1 amide bonds. The molecule has 0 aliphatic carbocycles. The molecule has 0 atom stereocenters. The summed E-state index contributed by atoms with van der Waals surface area (Å²) < 4.78 is 0. The van der Waals surface area contributed by atoms with Crippen molar-refractivity contribution in [3.8, 4) is 11.5 Å². The Morgan fingerprint density at radius 3 is 1.82 bits per heavy atom. The number of benzene rings is 3. The molecule has 28 heavy (non-hydrogen) atoms. The van der Waals surface area contributed by atoms with Gasteiger partial charge in [0.05, 0.1) is 0 Å². The van der Waals surface area contributed by atoms with E-state index in [1.807, 2.05) is 54.6 Å². The maximum Gasteiger partial charge on any atom is 0.220 e. The number of rotatable bonds is 7. The lowest BCUT2D eigenvalue weighted by Gasteiger charge is -2.31. The van der Waals surface area contributed by atoms with Crippen LogP contribution in [-0.2, 0) is 16.8 Å². The summed E-state index contributed by atoms with van der Waals surface area (Å²) in [5.74, 6) is 0.405. The first kappa shape index (κ1) is 19.5. The normalized spacial score (nSPS) is 11.2. The first-order valence-electron chi connectivity index (χ1n) is 9.37. The minimum Gasteiger partial charge on any atom is -0.508 e. The molecule has 0 aromatic heterocycles. The molecule has 3 aromatic carbocycles. The van der Waals surface area contributed by atoms with E-state index >= 15 is 0 Å². The number of aromatic hydroxyl groups is 2. The standard InChI is InChI=1S/C24H25NO3/c1-24(19-7-11-21(26)12-8-19,20-9-13-22(27)14-10-20)16-15-23(28)25-17-18-5-3-2-4-6-18/h2-14,26-27H,15-17H2,1H3,(H,25,28). The van der Waals surface area contributed by atoms with Gasteiger partial charge in [-0.2, -0.15) is 0 Å². The van der Waals surface area contributed by atoms with Crippen molar-refractivity contribution in [2.24, 2.45) is 0 Å². The summed E-state index contributed by atoms with van der Waals surface area (Å²) >= 11 is 0. The van der Waals surface area contributed by atoms with Crippen LogP contribution in [0.2, 0.25) is 0 Å². The van der Waals surface area contributed by atoms with E-state index in [4.69, 9.17) is 0 Å². The number of carbonyl (C=O) groups excluding carboxylic acids is 1. The van der Waals surface area contributed by atoms with Gasteiger partial charge in [-0.25, -0.2) is 0 Å².